The maximum atomic E-state index is 13.0. The van der Waals surface area contributed by atoms with Crippen LogP contribution in [0, 0.1) is 5.92 Å². The molecule has 0 spiro atoms. The first-order valence-electron chi connectivity index (χ1n) is 10.2. The smallest absolute Gasteiger partial charge is 0.225 e. The Kier molecular flexibility index (Phi) is 6.23. The van der Waals surface area contributed by atoms with E-state index in [4.69, 9.17) is 4.98 Å². The minimum Gasteiger partial charge on any atom is -0.371 e. The Bertz CT molecular complexity index is 993. The van der Waals surface area contributed by atoms with Crippen molar-refractivity contribution in [3.05, 3.63) is 71.2 Å². The van der Waals surface area contributed by atoms with E-state index in [1.54, 1.807) is 11.3 Å². The zero-order chi connectivity index (χ0) is 20.9. The number of aldehydes is 1. The number of anilines is 1. The molecule has 0 N–H and O–H groups in total. The van der Waals surface area contributed by atoms with E-state index in [9.17, 15) is 9.59 Å². The van der Waals surface area contributed by atoms with E-state index in [1.165, 1.54) is 0 Å². The number of hydrogen-bond acceptors (Lipinski definition) is 5. The van der Waals surface area contributed by atoms with Gasteiger partial charge in [-0.05, 0) is 37.1 Å². The quantitative estimate of drug-likeness (QED) is 0.552. The molecule has 1 aliphatic rings. The average molecular weight is 420 g/mol. The van der Waals surface area contributed by atoms with Crippen molar-refractivity contribution in [1.29, 1.82) is 0 Å². The van der Waals surface area contributed by atoms with Gasteiger partial charge in [-0.2, -0.15) is 0 Å². The number of amides is 1. The number of nitrogens with zero attached hydrogens (tertiary/aromatic N) is 3. The summed E-state index contributed by atoms with van der Waals surface area (Å²) in [4.78, 5) is 32.6. The second kappa shape index (κ2) is 9.22. The van der Waals surface area contributed by atoms with Crippen LogP contribution in [0.25, 0.3) is 10.6 Å². The third kappa shape index (κ3) is 4.60. The van der Waals surface area contributed by atoms with Gasteiger partial charge in [-0.3, -0.25) is 9.59 Å². The standard InChI is InChI=1S/C24H25N3O2S/c1-26(15-21-17-30-23(25-21)19-5-3-2-4-6-19)24(29)20-11-13-27(14-12-20)22-9-7-18(16-28)8-10-22/h2-10,16-17,20H,11-15H2,1H3. The summed E-state index contributed by atoms with van der Waals surface area (Å²) in [5, 5.41) is 3.03. The summed E-state index contributed by atoms with van der Waals surface area (Å²) in [6, 6.07) is 17.8. The minimum atomic E-state index is 0.0488. The van der Waals surface area contributed by atoms with E-state index in [2.05, 4.69) is 17.0 Å². The second-order valence-electron chi connectivity index (χ2n) is 7.68. The third-order valence-corrected chi connectivity index (χ3v) is 6.53. The zero-order valence-corrected chi connectivity index (χ0v) is 17.8. The van der Waals surface area contributed by atoms with Crippen LogP contribution in [-0.2, 0) is 11.3 Å². The zero-order valence-electron chi connectivity index (χ0n) is 17.0. The van der Waals surface area contributed by atoms with Crippen molar-refractivity contribution in [1.82, 2.24) is 9.88 Å². The molecule has 0 saturated carbocycles. The normalized spacial score (nSPS) is 14.5. The van der Waals surface area contributed by atoms with Crippen LogP contribution in [0.2, 0.25) is 0 Å². The maximum Gasteiger partial charge on any atom is 0.225 e. The van der Waals surface area contributed by atoms with E-state index in [0.29, 0.717) is 12.1 Å². The SMILES string of the molecule is CN(Cc1csc(-c2ccccc2)n1)C(=O)C1CCN(c2ccc(C=O)cc2)CC1. The highest BCUT2D eigenvalue weighted by atomic mass is 32.1. The fourth-order valence-electron chi connectivity index (χ4n) is 3.87. The van der Waals surface area contributed by atoms with Crippen molar-refractivity contribution in [2.75, 3.05) is 25.0 Å². The Balaban J connectivity index is 1.31. The van der Waals surface area contributed by atoms with E-state index in [-0.39, 0.29) is 11.8 Å². The van der Waals surface area contributed by atoms with Crippen molar-refractivity contribution in [3.8, 4) is 10.6 Å². The molecule has 1 saturated heterocycles. The number of piperidine rings is 1. The van der Waals surface area contributed by atoms with E-state index >= 15 is 0 Å². The molecule has 0 radical (unpaired) electrons. The molecule has 1 aliphatic heterocycles. The summed E-state index contributed by atoms with van der Waals surface area (Å²) < 4.78 is 0. The van der Waals surface area contributed by atoms with Gasteiger partial charge < -0.3 is 9.80 Å². The van der Waals surface area contributed by atoms with Crippen LogP contribution in [0.1, 0.15) is 28.9 Å². The Hall–Kier alpha value is -2.99. The molecule has 0 unspecified atom stereocenters. The molecular formula is C24H25N3O2S. The van der Waals surface area contributed by atoms with Gasteiger partial charge >= 0.3 is 0 Å². The summed E-state index contributed by atoms with van der Waals surface area (Å²) in [7, 11) is 1.87. The van der Waals surface area contributed by atoms with Gasteiger partial charge in [-0.15, -0.1) is 11.3 Å². The third-order valence-electron chi connectivity index (χ3n) is 5.59. The van der Waals surface area contributed by atoms with Crippen LogP contribution in [0.3, 0.4) is 0 Å². The molecule has 1 fully saturated rings. The number of rotatable bonds is 6. The molecule has 3 aromatic rings. The molecule has 30 heavy (non-hydrogen) atoms. The molecule has 0 bridgehead atoms. The van der Waals surface area contributed by atoms with E-state index in [0.717, 1.165) is 54.2 Å². The van der Waals surface area contributed by atoms with Gasteiger partial charge in [0.25, 0.3) is 0 Å². The highest BCUT2D eigenvalue weighted by Gasteiger charge is 2.27. The molecule has 6 heteroatoms. The van der Waals surface area contributed by atoms with Gasteiger partial charge in [0, 0.05) is 48.2 Å². The first-order chi connectivity index (χ1) is 14.6. The predicted octanol–water partition coefficient (Wildman–Crippen LogP) is 4.50. The molecule has 154 valence electrons. The van der Waals surface area contributed by atoms with Crippen LogP contribution in [-0.4, -0.2) is 42.2 Å². The fourth-order valence-corrected chi connectivity index (χ4v) is 4.69. The number of thiazole rings is 1. The van der Waals surface area contributed by atoms with E-state index < -0.39 is 0 Å². The summed E-state index contributed by atoms with van der Waals surface area (Å²) in [6.07, 6.45) is 2.53. The summed E-state index contributed by atoms with van der Waals surface area (Å²) in [5.41, 5.74) is 3.83. The molecule has 1 aromatic heterocycles. The number of carbonyl (C=O) groups is 2. The Labute approximate surface area is 181 Å². The monoisotopic (exact) mass is 419 g/mol. The molecule has 0 aliphatic carbocycles. The second-order valence-corrected chi connectivity index (χ2v) is 8.53. The minimum absolute atomic E-state index is 0.0488. The fraction of sp³-hybridized carbons (Fsp3) is 0.292. The van der Waals surface area contributed by atoms with Crippen LogP contribution < -0.4 is 4.90 Å². The van der Waals surface area contributed by atoms with Gasteiger partial charge in [-0.1, -0.05) is 30.3 Å². The lowest BCUT2D eigenvalue weighted by atomic mass is 9.95. The van der Waals surface area contributed by atoms with Gasteiger partial charge in [0.15, 0.2) is 0 Å². The molecule has 4 rings (SSSR count). The van der Waals surface area contributed by atoms with Crippen LogP contribution in [0.15, 0.2) is 60.0 Å². The first-order valence-corrected chi connectivity index (χ1v) is 11.1. The highest BCUT2D eigenvalue weighted by Crippen LogP contribution is 2.26. The van der Waals surface area contributed by atoms with Gasteiger partial charge in [0.05, 0.1) is 12.2 Å². The molecule has 0 atom stereocenters. The summed E-state index contributed by atoms with van der Waals surface area (Å²) >= 11 is 1.61. The highest BCUT2D eigenvalue weighted by molar-refractivity contribution is 7.13. The summed E-state index contributed by atoms with van der Waals surface area (Å²) in [5.74, 6) is 0.243. The number of hydrogen-bond donors (Lipinski definition) is 0. The first kappa shape index (κ1) is 20.3. The molecule has 5 nitrogen and oxygen atoms in total. The lowest BCUT2D eigenvalue weighted by Crippen LogP contribution is -2.41. The average Bonchev–Trinajstić information content (AvgIpc) is 3.28. The molecular weight excluding hydrogens is 394 g/mol. The Morgan fingerprint density at radius 2 is 1.83 bits per heavy atom. The van der Waals surface area contributed by atoms with Gasteiger partial charge in [-0.25, -0.2) is 4.98 Å². The molecule has 2 aromatic carbocycles. The summed E-state index contributed by atoms with van der Waals surface area (Å²) in [6.45, 7) is 2.23. The Morgan fingerprint density at radius 3 is 2.50 bits per heavy atom. The maximum absolute atomic E-state index is 13.0. The van der Waals surface area contributed by atoms with Crippen molar-refractivity contribution in [2.24, 2.45) is 5.92 Å². The topological polar surface area (TPSA) is 53.5 Å². The number of aromatic nitrogens is 1. The largest absolute Gasteiger partial charge is 0.371 e. The van der Waals surface area contributed by atoms with Crippen molar-refractivity contribution < 1.29 is 9.59 Å². The predicted molar refractivity (Wildman–Crippen MR) is 121 cm³/mol. The van der Waals surface area contributed by atoms with E-state index in [1.807, 2.05) is 59.8 Å². The van der Waals surface area contributed by atoms with Crippen molar-refractivity contribution in [3.63, 3.8) is 0 Å². The number of carbonyl (C=O) groups excluding carboxylic acids is 2. The molecule has 1 amide bonds. The lowest BCUT2D eigenvalue weighted by molar-refractivity contribution is -0.135. The van der Waals surface area contributed by atoms with Gasteiger partial charge in [0.2, 0.25) is 5.91 Å². The van der Waals surface area contributed by atoms with Crippen molar-refractivity contribution in [2.45, 2.75) is 19.4 Å². The molecule has 2 heterocycles. The Morgan fingerprint density at radius 1 is 1.13 bits per heavy atom. The van der Waals surface area contributed by atoms with Crippen molar-refractivity contribution >= 4 is 29.2 Å². The number of benzene rings is 2. The van der Waals surface area contributed by atoms with Crippen LogP contribution >= 0.6 is 11.3 Å². The lowest BCUT2D eigenvalue weighted by Gasteiger charge is -2.34. The van der Waals surface area contributed by atoms with Gasteiger partial charge in [0.1, 0.15) is 11.3 Å². The van der Waals surface area contributed by atoms with Crippen LogP contribution in [0.4, 0.5) is 5.69 Å². The van der Waals surface area contributed by atoms with Crippen LogP contribution in [0.5, 0.6) is 0 Å².